The Balaban J connectivity index is 1.59. The lowest BCUT2D eigenvalue weighted by molar-refractivity contribution is -0.138. The molecule has 0 aliphatic carbocycles. The first-order valence-corrected chi connectivity index (χ1v) is 9.53. The maximum absolute atomic E-state index is 14.6. The van der Waals surface area contributed by atoms with Crippen LogP contribution in [-0.2, 0) is 9.59 Å². The van der Waals surface area contributed by atoms with Crippen molar-refractivity contribution in [2.24, 2.45) is 0 Å². The van der Waals surface area contributed by atoms with Crippen molar-refractivity contribution in [2.75, 3.05) is 19.6 Å². The van der Waals surface area contributed by atoms with E-state index in [1.54, 1.807) is 19.1 Å². The summed E-state index contributed by atoms with van der Waals surface area (Å²) < 4.78 is 14.6. The van der Waals surface area contributed by atoms with Crippen LogP contribution in [0, 0.1) is 5.82 Å². The van der Waals surface area contributed by atoms with Crippen LogP contribution < -0.4 is 5.32 Å². The van der Waals surface area contributed by atoms with Crippen LogP contribution in [0.2, 0.25) is 0 Å². The quantitative estimate of drug-likeness (QED) is 0.802. The van der Waals surface area contributed by atoms with Crippen LogP contribution in [-0.4, -0.2) is 47.6 Å². The number of hydrogen-bond donors (Lipinski definition) is 2. The number of piperidine rings is 1. The Morgan fingerprint density at radius 3 is 2.46 bits per heavy atom. The van der Waals surface area contributed by atoms with Gasteiger partial charge < -0.3 is 10.4 Å². The number of hydrogen-bond acceptors (Lipinski definition) is 3. The van der Waals surface area contributed by atoms with E-state index in [2.05, 4.69) is 5.32 Å². The predicted octanol–water partition coefficient (Wildman–Crippen LogP) is 3.26. The molecule has 0 aromatic heterocycles. The van der Waals surface area contributed by atoms with Crippen LogP contribution in [0.3, 0.4) is 0 Å². The van der Waals surface area contributed by atoms with Gasteiger partial charge in [-0.25, -0.2) is 4.39 Å². The summed E-state index contributed by atoms with van der Waals surface area (Å²) in [6.07, 6.45) is 1.43. The molecule has 148 valence electrons. The van der Waals surface area contributed by atoms with E-state index in [1.165, 1.54) is 6.07 Å². The number of benzene rings is 2. The predicted molar refractivity (Wildman–Crippen MR) is 105 cm³/mol. The molecule has 3 rings (SSSR count). The Bertz CT molecular complexity index is 833. The smallest absolute Gasteiger partial charge is 0.317 e. The second-order valence-electron chi connectivity index (χ2n) is 7.28. The largest absolute Gasteiger partial charge is 0.480 e. The summed E-state index contributed by atoms with van der Waals surface area (Å²) in [5, 5.41) is 11.9. The molecule has 5 nitrogen and oxygen atoms in total. The molecule has 6 heteroatoms. The van der Waals surface area contributed by atoms with E-state index in [9.17, 15) is 14.0 Å². The third-order valence-corrected chi connectivity index (χ3v) is 5.26. The van der Waals surface area contributed by atoms with Gasteiger partial charge in [0.2, 0.25) is 5.91 Å². The number of likely N-dealkylation sites (tertiary alicyclic amines) is 1. The Morgan fingerprint density at radius 1 is 1.18 bits per heavy atom. The molecule has 2 aromatic rings. The van der Waals surface area contributed by atoms with Gasteiger partial charge in [-0.2, -0.15) is 0 Å². The van der Waals surface area contributed by atoms with Crippen LogP contribution in [0.15, 0.2) is 48.5 Å². The van der Waals surface area contributed by atoms with Crippen LogP contribution in [0.4, 0.5) is 4.39 Å². The number of carboxylic acids is 1. The third-order valence-electron chi connectivity index (χ3n) is 5.26. The summed E-state index contributed by atoms with van der Waals surface area (Å²) in [5.74, 6) is -1.78. The first-order chi connectivity index (χ1) is 13.4. The SMILES string of the molecule is C[C@H](C(=O)NC1CCN(CC(=O)O)CC1)c1ccc(-c2ccccc2)c(F)c1. The molecule has 0 radical (unpaired) electrons. The molecule has 0 spiro atoms. The molecule has 1 aliphatic heterocycles. The normalized spacial score (nSPS) is 16.5. The maximum atomic E-state index is 14.6. The van der Waals surface area contributed by atoms with E-state index in [4.69, 9.17) is 5.11 Å². The lowest BCUT2D eigenvalue weighted by Crippen LogP contribution is -2.46. The average Bonchev–Trinajstić information content (AvgIpc) is 2.69. The maximum Gasteiger partial charge on any atom is 0.317 e. The number of rotatable bonds is 6. The van der Waals surface area contributed by atoms with Gasteiger partial charge in [-0.05, 0) is 37.0 Å². The summed E-state index contributed by atoms with van der Waals surface area (Å²) in [4.78, 5) is 25.2. The molecule has 1 saturated heterocycles. The van der Waals surface area contributed by atoms with Gasteiger partial charge in [-0.15, -0.1) is 0 Å². The highest BCUT2D eigenvalue weighted by Gasteiger charge is 2.24. The monoisotopic (exact) mass is 384 g/mol. The van der Waals surface area contributed by atoms with Crippen molar-refractivity contribution < 1.29 is 19.1 Å². The second kappa shape index (κ2) is 8.97. The van der Waals surface area contributed by atoms with Gasteiger partial charge in [0.15, 0.2) is 0 Å². The van der Waals surface area contributed by atoms with Crippen LogP contribution in [0.1, 0.15) is 31.2 Å². The van der Waals surface area contributed by atoms with Crippen molar-refractivity contribution in [3.63, 3.8) is 0 Å². The summed E-state index contributed by atoms with van der Waals surface area (Å²) >= 11 is 0. The van der Waals surface area contributed by atoms with Gasteiger partial charge >= 0.3 is 5.97 Å². The molecular formula is C22H25FN2O3. The Morgan fingerprint density at radius 2 is 1.86 bits per heavy atom. The highest BCUT2D eigenvalue weighted by atomic mass is 19.1. The number of halogens is 1. The Hall–Kier alpha value is -2.73. The average molecular weight is 384 g/mol. The number of nitrogens with zero attached hydrogens (tertiary/aromatic N) is 1. The summed E-state index contributed by atoms with van der Waals surface area (Å²) in [7, 11) is 0. The Kier molecular flexibility index (Phi) is 6.41. The number of nitrogens with one attached hydrogen (secondary N) is 1. The highest BCUT2D eigenvalue weighted by Crippen LogP contribution is 2.26. The molecule has 1 atom stereocenters. The zero-order chi connectivity index (χ0) is 20.1. The molecule has 2 aromatic carbocycles. The number of amides is 1. The standard InChI is InChI=1S/C22H25FN2O3/c1-15(22(28)24-18-9-11-25(12-10-18)14-21(26)27)17-7-8-19(20(23)13-17)16-5-3-2-4-6-16/h2-8,13,15,18H,9-12,14H2,1H3,(H,24,28)(H,26,27)/t15-/m0/s1. The van der Waals surface area contributed by atoms with E-state index in [-0.39, 0.29) is 24.3 Å². The van der Waals surface area contributed by atoms with Crippen LogP contribution in [0.5, 0.6) is 0 Å². The molecule has 28 heavy (non-hydrogen) atoms. The van der Waals surface area contributed by atoms with Crippen molar-refractivity contribution in [3.8, 4) is 11.1 Å². The number of aliphatic carboxylic acids is 1. The van der Waals surface area contributed by atoms with Gasteiger partial charge in [0.25, 0.3) is 0 Å². The van der Waals surface area contributed by atoms with Gasteiger partial charge in [0.05, 0.1) is 12.5 Å². The molecule has 1 heterocycles. The third kappa shape index (κ3) is 4.95. The van der Waals surface area contributed by atoms with Crippen LogP contribution >= 0.6 is 0 Å². The van der Waals surface area contributed by atoms with Crippen molar-refractivity contribution in [3.05, 3.63) is 59.9 Å². The Labute approximate surface area is 164 Å². The van der Waals surface area contributed by atoms with Crippen molar-refractivity contribution in [1.29, 1.82) is 0 Å². The molecule has 1 amide bonds. The number of carbonyl (C=O) groups is 2. The lowest BCUT2D eigenvalue weighted by Gasteiger charge is -2.31. The minimum absolute atomic E-state index is 0.0217. The van der Waals surface area contributed by atoms with Gasteiger partial charge in [0, 0.05) is 24.7 Å². The molecule has 2 N–H and O–H groups in total. The van der Waals surface area contributed by atoms with E-state index in [0.717, 1.165) is 5.56 Å². The fourth-order valence-electron chi connectivity index (χ4n) is 3.56. The molecule has 0 bridgehead atoms. The number of carbonyl (C=O) groups excluding carboxylic acids is 1. The minimum atomic E-state index is -0.836. The molecule has 1 aliphatic rings. The van der Waals surface area contributed by atoms with E-state index in [1.807, 2.05) is 35.2 Å². The zero-order valence-electron chi connectivity index (χ0n) is 15.9. The molecule has 0 saturated carbocycles. The van der Waals surface area contributed by atoms with Crippen LogP contribution in [0.25, 0.3) is 11.1 Å². The van der Waals surface area contributed by atoms with E-state index in [0.29, 0.717) is 37.1 Å². The van der Waals surface area contributed by atoms with Gasteiger partial charge in [-0.3, -0.25) is 14.5 Å². The first kappa shape index (κ1) is 20.0. The lowest BCUT2D eigenvalue weighted by atomic mass is 9.95. The fraction of sp³-hybridized carbons (Fsp3) is 0.364. The van der Waals surface area contributed by atoms with Crippen molar-refractivity contribution in [1.82, 2.24) is 10.2 Å². The molecule has 0 unspecified atom stereocenters. The van der Waals surface area contributed by atoms with Gasteiger partial charge in [0.1, 0.15) is 5.82 Å². The van der Waals surface area contributed by atoms with Crippen molar-refractivity contribution >= 4 is 11.9 Å². The van der Waals surface area contributed by atoms with E-state index < -0.39 is 11.9 Å². The summed E-state index contributed by atoms with van der Waals surface area (Å²) in [6, 6.07) is 14.3. The van der Waals surface area contributed by atoms with E-state index >= 15 is 0 Å². The minimum Gasteiger partial charge on any atom is -0.480 e. The summed E-state index contributed by atoms with van der Waals surface area (Å²) in [6.45, 7) is 3.09. The summed E-state index contributed by atoms with van der Waals surface area (Å²) in [5.41, 5.74) is 1.96. The molecule has 1 fully saturated rings. The van der Waals surface area contributed by atoms with Gasteiger partial charge in [-0.1, -0.05) is 42.5 Å². The number of carboxylic acid groups (broad SMARTS) is 1. The molecular weight excluding hydrogens is 359 g/mol. The highest BCUT2D eigenvalue weighted by molar-refractivity contribution is 5.83. The fourth-order valence-corrected chi connectivity index (χ4v) is 3.56. The first-order valence-electron chi connectivity index (χ1n) is 9.53. The second-order valence-corrected chi connectivity index (χ2v) is 7.28. The topological polar surface area (TPSA) is 69.6 Å². The van der Waals surface area contributed by atoms with Crippen molar-refractivity contribution in [2.45, 2.75) is 31.7 Å². The zero-order valence-corrected chi connectivity index (χ0v) is 15.9.